The fourth-order valence-electron chi connectivity index (χ4n) is 2.80. The Balaban J connectivity index is 2.10. The number of carbonyl (C=O) groups excluding carboxylic acids is 1. The largest absolute Gasteiger partial charge is 0.395 e. The van der Waals surface area contributed by atoms with E-state index in [-0.39, 0.29) is 12.4 Å². The van der Waals surface area contributed by atoms with E-state index in [1.807, 2.05) is 19.9 Å². The van der Waals surface area contributed by atoms with Crippen molar-refractivity contribution in [3.63, 3.8) is 0 Å². The summed E-state index contributed by atoms with van der Waals surface area (Å²) in [5, 5.41) is 9.08. The molecule has 1 heterocycles. The third-order valence-corrected chi connectivity index (χ3v) is 3.99. The van der Waals surface area contributed by atoms with Crippen LogP contribution in [0.5, 0.6) is 0 Å². The summed E-state index contributed by atoms with van der Waals surface area (Å²) < 4.78 is 2.17. The van der Waals surface area contributed by atoms with Gasteiger partial charge in [-0.25, -0.2) is 0 Å². The first-order valence-corrected chi connectivity index (χ1v) is 7.13. The number of Topliss-reactive ketones (excluding diaryl/α,β-unsaturated/α-hetero) is 1. The number of hydrogen-bond acceptors (Lipinski definition) is 3. The smallest absolute Gasteiger partial charge is 0.178 e. The molecule has 106 valence electrons. The summed E-state index contributed by atoms with van der Waals surface area (Å²) in [6.07, 6.45) is 2.31. The fraction of sp³-hybridized carbons (Fsp3) is 0.667. The minimum Gasteiger partial charge on any atom is -0.395 e. The third-order valence-electron chi connectivity index (χ3n) is 3.99. The molecule has 19 heavy (non-hydrogen) atoms. The molecular formula is C15H24N2O2. The molecular weight excluding hydrogens is 240 g/mol. The number of aliphatic hydroxyl groups excluding tert-OH is 1. The zero-order valence-corrected chi connectivity index (χ0v) is 12.1. The summed E-state index contributed by atoms with van der Waals surface area (Å²) in [6, 6.07) is 2.50. The van der Waals surface area contributed by atoms with Gasteiger partial charge < -0.3 is 9.67 Å². The average molecular weight is 264 g/mol. The lowest BCUT2D eigenvalue weighted by molar-refractivity contribution is 0.0906. The normalized spacial score (nSPS) is 15.2. The Morgan fingerprint density at radius 1 is 1.47 bits per heavy atom. The van der Waals surface area contributed by atoms with Gasteiger partial charge in [0.05, 0.1) is 13.2 Å². The fourth-order valence-corrected chi connectivity index (χ4v) is 2.80. The van der Waals surface area contributed by atoms with Crippen molar-refractivity contribution in [3.05, 3.63) is 23.0 Å². The predicted octanol–water partition coefficient (Wildman–Crippen LogP) is 1.76. The molecule has 0 unspecified atom stereocenters. The highest BCUT2D eigenvalue weighted by Crippen LogP contribution is 2.27. The molecule has 1 aliphatic carbocycles. The van der Waals surface area contributed by atoms with Gasteiger partial charge >= 0.3 is 0 Å². The maximum absolute atomic E-state index is 12.4. The number of ketones is 1. The van der Waals surface area contributed by atoms with Crippen LogP contribution in [0.2, 0.25) is 0 Å². The lowest BCUT2D eigenvalue weighted by Crippen LogP contribution is -2.34. The lowest BCUT2D eigenvalue weighted by Gasteiger charge is -2.19. The second kappa shape index (κ2) is 5.88. The van der Waals surface area contributed by atoms with E-state index in [1.54, 1.807) is 0 Å². The molecule has 1 aromatic heterocycles. The molecule has 0 radical (unpaired) electrons. The van der Waals surface area contributed by atoms with Gasteiger partial charge in [0, 0.05) is 36.1 Å². The van der Waals surface area contributed by atoms with Gasteiger partial charge in [-0.1, -0.05) is 0 Å². The van der Waals surface area contributed by atoms with Gasteiger partial charge in [0.1, 0.15) is 0 Å². The van der Waals surface area contributed by atoms with Crippen molar-refractivity contribution in [1.29, 1.82) is 0 Å². The zero-order chi connectivity index (χ0) is 14.0. The van der Waals surface area contributed by atoms with Crippen molar-refractivity contribution in [3.8, 4) is 0 Å². The molecule has 0 aromatic carbocycles. The molecule has 0 amide bonds. The topological polar surface area (TPSA) is 45.5 Å². The number of rotatable bonds is 7. The van der Waals surface area contributed by atoms with Crippen LogP contribution in [0.1, 0.15) is 41.5 Å². The van der Waals surface area contributed by atoms with Crippen LogP contribution < -0.4 is 0 Å². The van der Waals surface area contributed by atoms with Gasteiger partial charge in [0.2, 0.25) is 0 Å². The van der Waals surface area contributed by atoms with Crippen molar-refractivity contribution in [2.45, 2.75) is 46.2 Å². The van der Waals surface area contributed by atoms with Gasteiger partial charge in [-0.05, 0) is 39.7 Å². The number of nitrogens with zero attached hydrogens (tertiary/aromatic N) is 2. The summed E-state index contributed by atoms with van der Waals surface area (Å²) in [5.41, 5.74) is 3.04. The number of aryl methyl sites for hydroxylation is 1. The Kier molecular flexibility index (Phi) is 4.42. The highest BCUT2D eigenvalue weighted by atomic mass is 16.3. The van der Waals surface area contributed by atoms with Crippen LogP contribution in [0, 0.1) is 13.8 Å². The minimum atomic E-state index is 0.123. The molecule has 2 rings (SSSR count). The van der Waals surface area contributed by atoms with Crippen LogP contribution in [0.15, 0.2) is 6.07 Å². The van der Waals surface area contributed by atoms with Crippen LogP contribution in [0.4, 0.5) is 0 Å². The Labute approximate surface area is 115 Å². The second-order valence-corrected chi connectivity index (χ2v) is 5.38. The van der Waals surface area contributed by atoms with E-state index in [4.69, 9.17) is 5.11 Å². The molecule has 4 heteroatoms. The van der Waals surface area contributed by atoms with E-state index in [9.17, 15) is 4.79 Å². The van der Waals surface area contributed by atoms with Crippen LogP contribution in [0.25, 0.3) is 0 Å². The van der Waals surface area contributed by atoms with Gasteiger partial charge in [-0.3, -0.25) is 9.69 Å². The standard InChI is InChI=1S/C15H24N2O2/c1-4-17-11(2)9-14(12(17)3)15(19)10-16(7-8-18)13-5-6-13/h9,13,18H,4-8,10H2,1-3H3. The second-order valence-electron chi connectivity index (χ2n) is 5.38. The SMILES string of the molecule is CCn1c(C)cc(C(=O)CN(CCO)C2CC2)c1C. The third kappa shape index (κ3) is 3.07. The van der Waals surface area contributed by atoms with Crippen LogP contribution in [0.3, 0.4) is 0 Å². The molecule has 1 aliphatic rings. The van der Waals surface area contributed by atoms with Gasteiger partial charge in [-0.15, -0.1) is 0 Å². The predicted molar refractivity (Wildman–Crippen MR) is 75.6 cm³/mol. The molecule has 0 aliphatic heterocycles. The van der Waals surface area contributed by atoms with E-state index >= 15 is 0 Å². The lowest BCUT2D eigenvalue weighted by atomic mass is 10.1. The van der Waals surface area contributed by atoms with E-state index in [1.165, 1.54) is 0 Å². The Morgan fingerprint density at radius 3 is 2.63 bits per heavy atom. The van der Waals surface area contributed by atoms with E-state index in [0.29, 0.717) is 19.1 Å². The van der Waals surface area contributed by atoms with Gasteiger partial charge in [0.25, 0.3) is 0 Å². The minimum absolute atomic E-state index is 0.123. The number of aliphatic hydroxyl groups is 1. The van der Waals surface area contributed by atoms with Crippen molar-refractivity contribution in [1.82, 2.24) is 9.47 Å². The first-order chi connectivity index (χ1) is 9.08. The summed E-state index contributed by atoms with van der Waals surface area (Å²) in [4.78, 5) is 14.5. The van der Waals surface area contributed by atoms with E-state index in [0.717, 1.165) is 36.3 Å². The molecule has 1 aromatic rings. The Morgan fingerprint density at radius 2 is 2.16 bits per heavy atom. The maximum Gasteiger partial charge on any atom is 0.178 e. The highest BCUT2D eigenvalue weighted by Gasteiger charge is 2.30. The molecule has 1 N–H and O–H groups in total. The van der Waals surface area contributed by atoms with E-state index in [2.05, 4.69) is 16.4 Å². The van der Waals surface area contributed by atoms with Crippen molar-refractivity contribution in [2.24, 2.45) is 0 Å². The average Bonchev–Trinajstić information content (AvgIpc) is 3.16. The van der Waals surface area contributed by atoms with Gasteiger partial charge in [0.15, 0.2) is 5.78 Å². The number of aromatic nitrogens is 1. The van der Waals surface area contributed by atoms with E-state index < -0.39 is 0 Å². The van der Waals surface area contributed by atoms with Crippen LogP contribution in [-0.2, 0) is 6.54 Å². The highest BCUT2D eigenvalue weighted by molar-refractivity contribution is 5.99. The number of hydrogen-bond donors (Lipinski definition) is 1. The molecule has 0 atom stereocenters. The van der Waals surface area contributed by atoms with Gasteiger partial charge in [-0.2, -0.15) is 0 Å². The van der Waals surface area contributed by atoms with Crippen molar-refractivity contribution >= 4 is 5.78 Å². The molecule has 0 spiro atoms. The molecule has 4 nitrogen and oxygen atoms in total. The number of carbonyl (C=O) groups is 1. The summed E-state index contributed by atoms with van der Waals surface area (Å²) in [7, 11) is 0. The molecule has 0 saturated heterocycles. The molecule has 0 bridgehead atoms. The Bertz CT molecular complexity index is 461. The van der Waals surface area contributed by atoms with Crippen LogP contribution >= 0.6 is 0 Å². The quantitative estimate of drug-likeness (QED) is 0.763. The summed E-state index contributed by atoms with van der Waals surface area (Å²) in [6.45, 7) is 8.20. The van der Waals surface area contributed by atoms with Crippen molar-refractivity contribution < 1.29 is 9.90 Å². The van der Waals surface area contributed by atoms with Crippen molar-refractivity contribution in [2.75, 3.05) is 19.7 Å². The van der Waals surface area contributed by atoms with Crippen LogP contribution in [-0.4, -0.2) is 46.1 Å². The molecule has 1 saturated carbocycles. The first kappa shape index (κ1) is 14.3. The molecule has 1 fully saturated rings. The monoisotopic (exact) mass is 264 g/mol. The zero-order valence-electron chi connectivity index (χ0n) is 12.1. The maximum atomic E-state index is 12.4. The summed E-state index contributed by atoms with van der Waals surface area (Å²) in [5.74, 6) is 0.174. The Hall–Kier alpha value is -1.13. The first-order valence-electron chi connectivity index (χ1n) is 7.13. The summed E-state index contributed by atoms with van der Waals surface area (Å²) >= 11 is 0.